The van der Waals surface area contributed by atoms with Gasteiger partial charge in [0.25, 0.3) is 0 Å². The van der Waals surface area contributed by atoms with E-state index in [0.29, 0.717) is 6.04 Å². The molecule has 0 aromatic rings. The van der Waals surface area contributed by atoms with Crippen LogP contribution in [0.1, 0.15) is 39.0 Å². The van der Waals surface area contributed by atoms with Crippen LogP contribution in [0.15, 0.2) is 0 Å². The Morgan fingerprint density at radius 3 is 2.56 bits per heavy atom. The summed E-state index contributed by atoms with van der Waals surface area (Å²) in [5, 5.41) is 12.8. The number of ether oxygens (including phenoxy) is 1. The van der Waals surface area contributed by atoms with Gasteiger partial charge in [0.1, 0.15) is 5.54 Å². The second kappa shape index (κ2) is 6.01. The summed E-state index contributed by atoms with van der Waals surface area (Å²) in [6.45, 7) is 4.81. The van der Waals surface area contributed by atoms with Crippen molar-refractivity contribution >= 4 is 0 Å². The Kier molecular flexibility index (Phi) is 4.60. The maximum Gasteiger partial charge on any atom is 0.105 e. The van der Waals surface area contributed by atoms with Crippen molar-refractivity contribution in [1.82, 2.24) is 10.2 Å². The van der Waals surface area contributed by atoms with Crippen LogP contribution in [-0.2, 0) is 4.74 Å². The van der Waals surface area contributed by atoms with Crippen molar-refractivity contribution in [3.8, 4) is 6.07 Å². The molecule has 1 unspecified atom stereocenters. The third-order valence-corrected chi connectivity index (χ3v) is 3.89. The first kappa shape index (κ1) is 13.8. The molecule has 2 fully saturated rings. The Morgan fingerprint density at radius 1 is 1.33 bits per heavy atom. The van der Waals surface area contributed by atoms with Gasteiger partial charge in [0, 0.05) is 32.3 Å². The quantitative estimate of drug-likeness (QED) is 0.675. The van der Waals surface area contributed by atoms with E-state index in [1.54, 1.807) is 7.11 Å². The second-order valence-corrected chi connectivity index (χ2v) is 5.87. The van der Waals surface area contributed by atoms with Crippen molar-refractivity contribution in [3.05, 3.63) is 0 Å². The smallest absolute Gasteiger partial charge is 0.105 e. The predicted octanol–water partition coefficient (Wildman–Crippen LogP) is 1.52. The van der Waals surface area contributed by atoms with Gasteiger partial charge >= 0.3 is 0 Å². The minimum Gasteiger partial charge on any atom is -0.383 e. The van der Waals surface area contributed by atoms with Crippen LogP contribution >= 0.6 is 0 Å². The minimum absolute atomic E-state index is 0.360. The first-order valence-electron chi connectivity index (χ1n) is 7.09. The van der Waals surface area contributed by atoms with E-state index in [2.05, 4.69) is 16.3 Å². The van der Waals surface area contributed by atoms with Crippen LogP contribution in [0.2, 0.25) is 0 Å². The molecule has 1 N–H and O–H groups in total. The van der Waals surface area contributed by atoms with Crippen molar-refractivity contribution < 1.29 is 4.74 Å². The molecule has 0 spiro atoms. The maximum atomic E-state index is 9.35. The van der Waals surface area contributed by atoms with Crippen LogP contribution in [0, 0.1) is 11.3 Å². The molecule has 4 nitrogen and oxygen atoms in total. The fourth-order valence-electron chi connectivity index (χ4n) is 2.33. The van der Waals surface area contributed by atoms with Gasteiger partial charge in [-0.2, -0.15) is 5.26 Å². The number of hydrogen-bond donors (Lipinski definition) is 1. The molecule has 2 saturated carbocycles. The van der Waals surface area contributed by atoms with Crippen LogP contribution < -0.4 is 5.32 Å². The Labute approximate surface area is 110 Å². The Morgan fingerprint density at radius 2 is 2.06 bits per heavy atom. The summed E-state index contributed by atoms with van der Waals surface area (Å²) in [6.07, 6.45) is 5.98. The number of methoxy groups -OCH3 is 1. The van der Waals surface area contributed by atoms with Crippen LogP contribution in [-0.4, -0.2) is 49.3 Å². The number of nitrogens with one attached hydrogen (secondary N) is 1. The summed E-state index contributed by atoms with van der Waals surface area (Å²) < 4.78 is 5.16. The normalized spacial score (nSPS) is 22.8. The van der Waals surface area contributed by atoms with Crippen LogP contribution in [0.4, 0.5) is 0 Å². The van der Waals surface area contributed by atoms with E-state index in [1.807, 2.05) is 6.92 Å². The molecule has 2 rings (SSSR count). The van der Waals surface area contributed by atoms with Crippen molar-refractivity contribution in [2.75, 3.05) is 26.8 Å². The number of nitriles is 1. The van der Waals surface area contributed by atoms with Gasteiger partial charge in [0.05, 0.1) is 12.7 Å². The fraction of sp³-hybridized carbons (Fsp3) is 0.929. The SMILES string of the molecule is COCCN(CCC(C)(C#N)NC1CC1)C1CC1. The van der Waals surface area contributed by atoms with E-state index in [9.17, 15) is 5.26 Å². The second-order valence-electron chi connectivity index (χ2n) is 5.87. The summed E-state index contributed by atoms with van der Waals surface area (Å²) in [5.74, 6) is 0. The molecule has 0 aliphatic heterocycles. The number of hydrogen-bond acceptors (Lipinski definition) is 4. The monoisotopic (exact) mass is 251 g/mol. The van der Waals surface area contributed by atoms with Crippen LogP contribution in [0.5, 0.6) is 0 Å². The number of rotatable bonds is 9. The number of nitrogens with zero attached hydrogens (tertiary/aromatic N) is 2. The lowest BCUT2D eigenvalue weighted by molar-refractivity contribution is 0.138. The molecule has 18 heavy (non-hydrogen) atoms. The first-order chi connectivity index (χ1) is 8.67. The molecular weight excluding hydrogens is 226 g/mol. The van der Waals surface area contributed by atoms with Gasteiger partial charge in [0.2, 0.25) is 0 Å². The summed E-state index contributed by atoms with van der Waals surface area (Å²) in [6, 6.07) is 3.78. The summed E-state index contributed by atoms with van der Waals surface area (Å²) in [4.78, 5) is 2.48. The lowest BCUT2D eigenvalue weighted by atomic mass is 9.99. The van der Waals surface area contributed by atoms with Gasteiger partial charge in [-0.05, 0) is 39.0 Å². The van der Waals surface area contributed by atoms with Gasteiger partial charge in [-0.15, -0.1) is 0 Å². The minimum atomic E-state index is -0.360. The van der Waals surface area contributed by atoms with Gasteiger partial charge in [-0.25, -0.2) is 0 Å². The molecule has 0 bridgehead atoms. The molecule has 4 heteroatoms. The molecule has 2 aliphatic carbocycles. The maximum absolute atomic E-state index is 9.35. The zero-order valence-corrected chi connectivity index (χ0v) is 11.6. The van der Waals surface area contributed by atoms with Crippen molar-refractivity contribution in [2.24, 2.45) is 0 Å². The Bertz CT molecular complexity index is 307. The highest BCUT2D eigenvalue weighted by Gasteiger charge is 2.34. The molecular formula is C14H25N3O. The highest BCUT2D eigenvalue weighted by atomic mass is 16.5. The zero-order valence-electron chi connectivity index (χ0n) is 11.6. The first-order valence-corrected chi connectivity index (χ1v) is 7.09. The standard InChI is InChI=1S/C14H25N3O/c1-14(11-15,16-12-3-4-12)7-8-17(9-10-18-2)13-5-6-13/h12-13,16H,3-10H2,1-2H3. The van der Waals surface area contributed by atoms with Crippen molar-refractivity contribution in [1.29, 1.82) is 5.26 Å². The van der Waals surface area contributed by atoms with Crippen LogP contribution in [0.25, 0.3) is 0 Å². The summed E-state index contributed by atoms with van der Waals surface area (Å²) in [7, 11) is 1.75. The molecule has 102 valence electrons. The predicted molar refractivity (Wildman–Crippen MR) is 71.3 cm³/mol. The lowest BCUT2D eigenvalue weighted by Crippen LogP contribution is -2.45. The lowest BCUT2D eigenvalue weighted by Gasteiger charge is -2.28. The third-order valence-electron chi connectivity index (χ3n) is 3.89. The molecule has 0 heterocycles. The van der Waals surface area contributed by atoms with E-state index in [1.165, 1.54) is 25.7 Å². The third kappa shape index (κ3) is 4.24. The fourth-order valence-corrected chi connectivity index (χ4v) is 2.33. The summed E-state index contributed by atoms with van der Waals surface area (Å²) in [5.41, 5.74) is -0.360. The van der Waals surface area contributed by atoms with E-state index in [-0.39, 0.29) is 5.54 Å². The Hall–Kier alpha value is -0.630. The summed E-state index contributed by atoms with van der Waals surface area (Å²) >= 11 is 0. The molecule has 1 atom stereocenters. The van der Waals surface area contributed by atoms with Gasteiger partial charge in [-0.1, -0.05) is 0 Å². The van der Waals surface area contributed by atoms with Gasteiger partial charge in [0.15, 0.2) is 0 Å². The molecule has 0 saturated heterocycles. The highest BCUT2D eigenvalue weighted by Crippen LogP contribution is 2.28. The molecule has 2 aliphatic rings. The highest BCUT2D eigenvalue weighted by molar-refractivity contribution is 5.07. The van der Waals surface area contributed by atoms with Gasteiger partial charge in [-0.3, -0.25) is 10.2 Å². The largest absolute Gasteiger partial charge is 0.383 e. The average Bonchev–Trinajstić information content (AvgIpc) is 3.22. The van der Waals surface area contributed by atoms with Crippen molar-refractivity contribution in [2.45, 2.75) is 56.7 Å². The molecule has 0 aromatic carbocycles. The van der Waals surface area contributed by atoms with E-state index < -0.39 is 0 Å². The van der Waals surface area contributed by atoms with E-state index in [4.69, 9.17) is 4.74 Å². The topological polar surface area (TPSA) is 48.3 Å². The van der Waals surface area contributed by atoms with E-state index >= 15 is 0 Å². The zero-order chi connectivity index (χ0) is 13.0. The average molecular weight is 251 g/mol. The molecule has 0 amide bonds. The Balaban J connectivity index is 1.77. The molecule has 0 aromatic heterocycles. The van der Waals surface area contributed by atoms with Crippen LogP contribution in [0.3, 0.4) is 0 Å². The van der Waals surface area contributed by atoms with E-state index in [0.717, 1.165) is 32.2 Å². The van der Waals surface area contributed by atoms with Crippen molar-refractivity contribution in [3.63, 3.8) is 0 Å². The van der Waals surface area contributed by atoms with Gasteiger partial charge < -0.3 is 4.74 Å². The molecule has 0 radical (unpaired) electrons.